The molecule has 6 nitrogen and oxygen atoms in total. The van der Waals surface area contributed by atoms with E-state index in [0.29, 0.717) is 0 Å². The Morgan fingerprint density at radius 1 is 1.25 bits per heavy atom. The smallest absolute Gasteiger partial charge is 0.200 e. The van der Waals surface area contributed by atoms with Crippen molar-refractivity contribution in [2.45, 2.75) is 26.3 Å². The predicted molar refractivity (Wildman–Crippen MR) is 96.3 cm³/mol. The van der Waals surface area contributed by atoms with Gasteiger partial charge in [-0.15, -0.1) is 10.2 Å². The molecule has 126 valence electrons. The second kappa shape index (κ2) is 6.97. The van der Waals surface area contributed by atoms with Crippen LogP contribution < -0.4 is 5.32 Å². The van der Waals surface area contributed by atoms with Crippen molar-refractivity contribution in [1.29, 1.82) is 0 Å². The van der Waals surface area contributed by atoms with Crippen molar-refractivity contribution in [2.75, 3.05) is 26.0 Å². The normalized spacial score (nSPS) is 12.7. The van der Waals surface area contributed by atoms with E-state index in [0.717, 1.165) is 30.0 Å². The zero-order chi connectivity index (χ0) is 17.1. The molecule has 6 heteroatoms. The van der Waals surface area contributed by atoms with Gasteiger partial charge in [0.1, 0.15) is 6.33 Å². The Kier molecular flexibility index (Phi) is 4.76. The molecular weight excluding hydrogens is 300 g/mol. The molecule has 2 aromatic heterocycles. The first-order valence-corrected chi connectivity index (χ1v) is 8.25. The number of nitrogens with zero attached hydrogens (tertiary/aromatic N) is 5. The van der Waals surface area contributed by atoms with Gasteiger partial charge in [-0.2, -0.15) is 9.61 Å². The Balaban J connectivity index is 1.86. The molecule has 0 spiro atoms. The summed E-state index contributed by atoms with van der Waals surface area (Å²) in [7, 11) is 4.21. The van der Waals surface area contributed by atoms with Gasteiger partial charge in [0.05, 0.1) is 17.4 Å². The summed E-state index contributed by atoms with van der Waals surface area (Å²) in [5.74, 6) is 0. The minimum atomic E-state index is 0.270. The lowest BCUT2D eigenvalue weighted by atomic mass is 10.0. The quantitative estimate of drug-likeness (QED) is 0.755. The number of aryl methyl sites for hydroxylation is 2. The summed E-state index contributed by atoms with van der Waals surface area (Å²) < 4.78 is 1.73. The minimum Gasteiger partial charge on any atom is -0.380 e. The molecule has 0 bridgehead atoms. The van der Waals surface area contributed by atoms with Crippen molar-refractivity contribution in [3.05, 3.63) is 53.5 Å². The average Bonchev–Trinajstić information content (AvgIpc) is 3.03. The van der Waals surface area contributed by atoms with Gasteiger partial charge in [0.15, 0.2) is 0 Å². The van der Waals surface area contributed by atoms with Crippen LogP contribution in [0.1, 0.15) is 29.8 Å². The number of aromatic nitrogens is 4. The van der Waals surface area contributed by atoms with Crippen LogP contribution in [-0.2, 0) is 6.42 Å². The fourth-order valence-corrected chi connectivity index (χ4v) is 2.86. The maximum Gasteiger partial charge on any atom is 0.200 e. The average molecular weight is 324 g/mol. The third kappa shape index (κ3) is 3.38. The first-order valence-electron chi connectivity index (χ1n) is 8.25. The summed E-state index contributed by atoms with van der Waals surface area (Å²) in [4.78, 5) is 2.23. The van der Waals surface area contributed by atoms with Gasteiger partial charge in [0.25, 0.3) is 0 Å². The molecule has 1 N–H and O–H groups in total. The van der Waals surface area contributed by atoms with Crippen LogP contribution in [-0.4, -0.2) is 45.4 Å². The predicted octanol–water partition coefficient (Wildman–Crippen LogP) is 2.71. The van der Waals surface area contributed by atoms with Crippen molar-refractivity contribution in [3.63, 3.8) is 0 Å². The molecule has 0 saturated carbocycles. The Morgan fingerprint density at radius 2 is 2.08 bits per heavy atom. The highest BCUT2D eigenvalue weighted by molar-refractivity contribution is 5.66. The highest BCUT2D eigenvalue weighted by Gasteiger charge is 2.15. The molecule has 1 unspecified atom stereocenters. The maximum atomic E-state index is 4.49. The van der Waals surface area contributed by atoms with Crippen molar-refractivity contribution >= 4 is 11.3 Å². The van der Waals surface area contributed by atoms with Crippen LogP contribution in [0.3, 0.4) is 0 Å². The molecule has 2 heterocycles. The molecule has 0 aliphatic carbocycles. The minimum absolute atomic E-state index is 0.270. The number of likely N-dealkylation sites (N-methyl/N-ethyl adjacent to an activating group) is 1. The van der Waals surface area contributed by atoms with E-state index in [1.165, 1.54) is 11.1 Å². The molecule has 0 saturated heterocycles. The van der Waals surface area contributed by atoms with E-state index in [-0.39, 0.29) is 6.04 Å². The number of fused-ring (bicyclic) bond motifs is 1. The molecule has 24 heavy (non-hydrogen) atoms. The van der Waals surface area contributed by atoms with Crippen molar-refractivity contribution in [2.24, 2.45) is 0 Å². The van der Waals surface area contributed by atoms with E-state index in [2.05, 4.69) is 83.8 Å². The van der Waals surface area contributed by atoms with Crippen LogP contribution in [0, 0.1) is 6.92 Å². The number of nitrogens with one attached hydrogen (secondary N) is 1. The molecule has 0 aliphatic rings. The SMILES string of the molecule is CCc1cc(NCC(c2cccc(C)c2)N(C)C)c2nncn2n1. The van der Waals surface area contributed by atoms with Crippen LogP contribution in [0.25, 0.3) is 5.65 Å². The summed E-state index contributed by atoms with van der Waals surface area (Å²) in [5, 5.41) is 16.2. The molecule has 0 radical (unpaired) electrons. The van der Waals surface area contributed by atoms with Gasteiger partial charge in [-0.05, 0) is 39.1 Å². The zero-order valence-electron chi connectivity index (χ0n) is 14.7. The largest absolute Gasteiger partial charge is 0.380 e. The highest BCUT2D eigenvalue weighted by Crippen LogP contribution is 2.22. The molecule has 0 aliphatic heterocycles. The second-order valence-corrected chi connectivity index (χ2v) is 6.28. The van der Waals surface area contributed by atoms with Crippen LogP contribution in [0.4, 0.5) is 5.69 Å². The standard InChI is InChI=1S/C18H24N6/c1-5-15-10-16(18-21-20-12-24(18)22-15)19-11-17(23(3)4)14-8-6-7-13(2)9-14/h6-10,12,17,19H,5,11H2,1-4H3. The van der Waals surface area contributed by atoms with Crippen molar-refractivity contribution in [1.82, 2.24) is 24.7 Å². The molecule has 0 fully saturated rings. The summed E-state index contributed by atoms with van der Waals surface area (Å²) in [6, 6.07) is 11.0. The van der Waals surface area contributed by atoms with E-state index in [9.17, 15) is 0 Å². The number of anilines is 1. The number of rotatable bonds is 6. The molecule has 3 aromatic rings. The first-order chi connectivity index (χ1) is 11.6. The van der Waals surface area contributed by atoms with E-state index in [1.54, 1.807) is 10.8 Å². The summed E-state index contributed by atoms with van der Waals surface area (Å²) >= 11 is 0. The summed E-state index contributed by atoms with van der Waals surface area (Å²) in [6.07, 6.45) is 2.52. The van der Waals surface area contributed by atoms with Crippen molar-refractivity contribution < 1.29 is 0 Å². The fourth-order valence-electron chi connectivity index (χ4n) is 2.86. The van der Waals surface area contributed by atoms with Gasteiger partial charge in [-0.3, -0.25) is 0 Å². The van der Waals surface area contributed by atoms with E-state index in [1.807, 2.05) is 0 Å². The van der Waals surface area contributed by atoms with Crippen molar-refractivity contribution in [3.8, 4) is 0 Å². The third-order valence-electron chi connectivity index (χ3n) is 4.22. The van der Waals surface area contributed by atoms with Crippen LogP contribution in [0.2, 0.25) is 0 Å². The van der Waals surface area contributed by atoms with E-state index >= 15 is 0 Å². The van der Waals surface area contributed by atoms with E-state index < -0.39 is 0 Å². The Hall–Kier alpha value is -2.47. The Morgan fingerprint density at radius 3 is 2.79 bits per heavy atom. The van der Waals surface area contributed by atoms with Crippen LogP contribution in [0.5, 0.6) is 0 Å². The molecule has 3 rings (SSSR count). The number of hydrogen-bond acceptors (Lipinski definition) is 5. The third-order valence-corrected chi connectivity index (χ3v) is 4.22. The summed E-state index contributed by atoms with van der Waals surface area (Å²) in [6.45, 7) is 5.00. The maximum absolute atomic E-state index is 4.49. The monoisotopic (exact) mass is 324 g/mol. The van der Waals surface area contributed by atoms with Gasteiger partial charge in [0, 0.05) is 6.54 Å². The first kappa shape index (κ1) is 16.4. The summed E-state index contributed by atoms with van der Waals surface area (Å²) in [5.41, 5.74) is 5.32. The highest BCUT2D eigenvalue weighted by atomic mass is 15.3. The topological polar surface area (TPSA) is 58.3 Å². The van der Waals surface area contributed by atoms with Gasteiger partial charge in [0.2, 0.25) is 5.65 Å². The molecular formula is C18H24N6. The molecule has 0 amide bonds. The lowest BCUT2D eigenvalue weighted by Crippen LogP contribution is -2.27. The number of benzene rings is 1. The van der Waals surface area contributed by atoms with Crippen LogP contribution >= 0.6 is 0 Å². The lowest BCUT2D eigenvalue weighted by molar-refractivity contribution is 0.312. The number of hydrogen-bond donors (Lipinski definition) is 1. The fraction of sp³-hybridized carbons (Fsp3) is 0.389. The van der Waals surface area contributed by atoms with Gasteiger partial charge >= 0.3 is 0 Å². The molecule has 1 atom stereocenters. The second-order valence-electron chi connectivity index (χ2n) is 6.28. The Bertz CT molecular complexity index is 823. The van der Waals surface area contributed by atoms with Crippen LogP contribution in [0.15, 0.2) is 36.7 Å². The Labute approximate surface area is 142 Å². The lowest BCUT2D eigenvalue weighted by Gasteiger charge is -2.26. The van der Waals surface area contributed by atoms with Gasteiger partial charge < -0.3 is 10.2 Å². The van der Waals surface area contributed by atoms with E-state index in [4.69, 9.17) is 0 Å². The molecule has 1 aromatic carbocycles. The van der Waals surface area contributed by atoms with Gasteiger partial charge in [-0.25, -0.2) is 0 Å². The zero-order valence-corrected chi connectivity index (χ0v) is 14.7. The van der Waals surface area contributed by atoms with Gasteiger partial charge in [-0.1, -0.05) is 36.8 Å².